The highest BCUT2D eigenvalue weighted by Crippen LogP contribution is 2.52. The second kappa shape index (κ2) is 7.21. The molecule has 0 fully saturated rings. The van der Waals surface area contributed by atoms with Gasteiger partial charge >= 0.3 is 0 Å². The summed E-state index contributed by atoms with van der Waals surface area (Å²) < 4.78 is 2.80. The molecule has 3 heterocycles. The van der Waals surface area contributed by atoms with Crippen LogP contribution in [-0.4, -0.2) is 16.5 Å². The molecule has 1 aliphatic carbocycles. The molecule has 0 bridgehead atoms. The van der Waals surface area contributed by atoms with E-state index in [2.05, 4.69) is 0 Å². The Balaban J connectivity index is 1.67. The van der Waals surface area contributed by atoms with Gasteiger partial charge in [0.1, 0.15) is 14.1 Å². The standard InChI is InChI=1S/C16H11NO2S6/c1-2-17-10-13(19)24-25-16(10)23-14(20)11(17)15-21-7-9(22-15)12(18)8-5-3-4-6-8/h3-5,7H,2,6H2,1H3/b15-11-. The highest BCUT2D eigenvalue weighted by molar-refractivity contribution is 8.29. The first-order valence-electron chi connectivity index (χ1n) is 7.42. The highest BCUT2D eigenvalue weighted by atomic mass is 32.9. The second-order valence-electron chi connectivity index (χ2n) is 5.22. The number of thioether (sulfide) groups is 3. The number of rotatable bonds is 3. The van der Waals surface area contributed by atoms with E-state index in [1.807, 2.05) is 35.5 Å². The Bertz CT molecular complexity index is 962. The van der Waals surface area contributed by atoms with E-state index in [4.69, 9.17) is 12.2 Å². The maximum absolute atomic E-state index is 12.6. The monoisotopic (exact) mass is 441 g/mol. The molecular formula is C16H11NO2S6. The molecule has 1 aromatic rings. The highest BCUT2D eigenvalue weighted by Gasteiger charge is 2.34. The predicted octanol–water partition coefficient (Wildman–Crippen LogP) is 5.38. The van der Waals surface area contributed by atoms with Gasteiger partial charge in [-0.05, 0) is 29.1 Å². The van der Waals surface area contributed by atoms with Crippen molar-refractivity contribution in [1.82, 2.24) is 0 Å². The molecule has 0 amide bonds. The fourth-order valence-corrected chi connectivity index (χ4v) is 9.38. The van der Waals surface area contributed by atoms with Gasteiger partial charge in [0, 0.05) is 12.1 Å². The number of allylic oxidation sites excluding steroid dienone is 5. The fourth-order valence-electron chi connectivity index (χ4n) is 2.62. The number of carbonyl (C=O) groups is 1. The van der Waals surface area contributed by atoms with Crippen molar-refractivity contribution in [3.05, 3.63) is 53.6 Å². The number of Topliss-reactive ketones (excluding diaryl/α,β-unsaturated/α-hetero) is 1. The number of fused-ring (bicyclic) bond motifs is 1. The van der Waals surface area contributed by atoms with Crippen molar-refractivity contribution in [2.75, 3.05) is 11.4 Å². The number of hydrogen-bond acceptors (Lipinski definition) is 9. The summed E-state index contributed by atoms with van der Waals surface area (Å²) in [5.41, 5.74) is 2.45. The van der Waals surface area contributed by atoms with Crippen LogP contribution in [0.2, 0.25) is 0 Å². The first-order valence-corrected chi connectivity index (χ1v) is 12.5. The fraction of sp³-hybridized carbons (Fsp3) is 0.188. The maximum atomic E-state index is 12.6. The van der Waals surface area contributed by atoms with Gasteiger partial charge in [-0.15, -0.1) is 0 Å². The minimum atomic E-state index is 0.0781. The first kappa shape index (κ1) is 17.8. The van der Waals surface area contributed by atoms with Crippen LogP contribution in [0.25, 0.3) is 0 Å². The molecule has 0 unspecified atom stereocenters. The summed E-state index contributed by atoms with van der Waals surface area (Å²) in [4.78, 5) is 27.6. The van der Waals surface area contributed by atoms with Crippen LogP contribution in [0.1, 0.15) is 13.3 Å². The Kier molecular flexibility index (Phi) is 5.13. The van der Waals surface area contributed by atoms with Gasteiger partial charge in [-0.1, -0.05) is 76.1 Å². The molecule has 0 saturated heterocycles. The molecule has 4 rings (SSSR count). The molecule has 0 spiro atoms. The lowest BCUT2D eigenvalue weighted by Crippen LogP contribution is -2.32. The van der Waals surface area contributed by atoms with Gasteiger partial charge in [0.25, 0.3) is 4.74 Å². The molecule has 0 saturated carbocycles. The lowest BCUT2D eigenvalue weighted by molar-refractivity contribution is -0.111. The van der Waals surface area contributed by atoms with Crippen LogP contribution in [0.4, 0.5) is 5.69 Å². The molecule has 0 aromatic carbocycles. The van der Waals surface area contributed by atoms with E-state index in [9.17, 15) is 9.59 Å². The zero-order valence-corrected chi connectivity index (χ0v) is 17.8. The number of nitrogens with zero attached hydrogens (tertiary/aromatic N) is 1. The first-order chi connectivity index (χ1) is 12.1. The number of ketones is 1. The van der Waals surface area contributed by atoms with Gasteiger partial charge in [0.15, 0.2) is 5.78 Å². The van der Waals surface area contributed by atoms with Crippen molar-refractivity contribution in [3.8, 4) is 0 Å². The van der Waals surface area contributed by atoms with Crippen LogP contribution in [0.3, 0.4) is 0 Å². The van der Waals surface area contributed by atoms with Gasteiger partial charge in [0.2, 0.25) is 0 Å². The summed E-state index contributed by atoms with van der Waals surface area (Å²) >= 11 is 10.1. The van der Waals surface area contributed by atoms with Crippen molar-refractivity contribution >= 4 is 83.9 Å². The summed E-state index contributed by atoms with van der Waals surface area (Å²) in [6.07, 6.45) is 6.48. The van der Waals surface area contributed by atoms with E-state index < -0.39 is 0 Å². The lowest BCUT2D eigenvalue weighted by Gasteiger charge is -2.30. The summed E-state index contributed by atoms with van der Waals surface area (Å²) in [7, 11) is 2.74. The Hall–Kier alpha value is -0.580. The normalized spacial score (nSPS) is 22.3. The number of anilines is 1. The van der Waals surface area contributed by atoms with E-state index in [0.29, 0.717) is 13.0 Å². The predicted molar refractivity (Wildman–Crippen MR) is 117 cm³/mol. The van der Waals surface area contributed by atoms with Crippen LogP contribution in [0.15, 0.2) is 53.1 Å². The lowest BCUT2D eigenvalue weighted by atomic mass is 10.1. The van der Waals surface area contributed by atoms with Crippen LogP contribution >= 0.6 is 68.2 Å². The minimum absolute atomic E-state index is 0.0781. The van der Waals surface area contributed by atoms with Crippen LogP contribution in [0, 0.1) is 0 Å². The molecule has 25 heavy (non-hydrogen) atoms. The SMILES string of the molecule is CCN1/C(=C2/SC=C(C(=O)C3=CC=CC3)S2)C(=S)Sc2ssc(=O)c21. The summed E-state index contributed by atoms with van der Waals surface area (Å²) in [5, 5.41) is 1.90. The van der Waals surface area contributed by atoms with Gasteiger partial charge in [0.05, 0.1) is 14.8 Å². The summed E-state index contributed by atoms with van der Waals surface area (Å²) in [6.45, 7) is 2.69. The van der Waals surface area contributed by atoms with Crippen LogP contribution < -0.4 is 9.64 Å². The number of carbonyl (C=O) groups excluding carboxylic acids is 1. The molecule has 1 aromatic heterocycles. The topological polar surface area (TPSA) is 37.4 Å². The Morgan fingerprint density at radius 2 is 2.16 bits per heavy atom. The largest absolute Gasteiger partial charge is 0.333 e. The van der Waals surface area contributed by atoms with Crippen molar-refractivity contribution in [2.45, 2.75) is 17.6 Å². The zero-order valence-electron chi connectivity index (χ0n) is 12.9. The zero-order chi connectivity index (χ0) is 17.6. The van der Waals surface area contributed by atoms with E-state index >= 15 is 0 Å². The smallest absolute Gasteiger partial charge is 0.267 e. The third-order valence-corrected chi connectivity index (χ3v) is 10.1. The molecule has 0 atom stereocenters. The van der Waals surface area contributed by atoms with E-state index in [-0.39, 0.29) is 10.5 Å². The van der Waals surface area contributed by atoms with Crippen molar-refractivity contribution in [2.24, 2.45) is 0 Å². The molecule has 0 radical (unpaired) electrons. The Morgan fingerprint density at radius 1 is 1.32 bits per heavy atom. The molecular weight excluding hydrogens is 431 g/mol. The molecule has 3 aliphatic rings. The average Bonchev–Trinajstić information content (AvgIpc) is 3.34. The third-order valence-electron chi connectivity index (χ3n) is 3.77. The third kappa shape index (κ3) is 3.15. The van der Waals surface area contributed by atoms with Crippen LogP contribution in [0.5, 0.6) is 0 Å². The summed E-state index contributed by atoms with van der Waals surface area (Å²) in [6, 6.07) is 0. The van der Waals surface area contributed by atoms with Gasteiger partial charge < -0.3 is 4.90 Å². The Labute approximate surface area is 170 Å². The van der Waals surface area contributed by atoms with Crippen LogP contribution in [-0.2, 0) is 4.79 Å². The van der Waals surface area contributed by atoms with E-state index in [1.165, 1.54) is 56.0 Å². The number of hydrogen-bond donors (Lipinski definition) is 0. The Morgan fingerprint density at radius 3 is 2.88 bits per heavy atom. The second-order valence-corrected chi connectivity index (χ2v) is 11.5. The van der Waals surface area contributed by atoms with E-state index in [1.54, 1.807) is 0 Å². The molecule has 9 heteroatoms. The maximum Gasteiger partial charge on any atom is 0.267 e. The van der Waals surface area contributed by atoms with Gasteiger partial charge in [-0.25, -0.2) is 0 Å². The summed E-state index contributed by atoms with van der Waals surface area (Å²) in [5.74, 6) is 0.0819. The van der Waals surface area contributed by atoms with Crippen molar-refractivity contribution < 1.29 is 4.79 Å². The van der Waals surface area contributed by atoms with Crippen molar-refractivity contribution in [3.63, 3.8) is 0 Å². The van der Waals surface area contributed by atoms with Crippen molar-refractivity contribution in [1.29, 1.82) is 0 Å². The molecule has 3 nitrogen and oxygen atoms in total. The average molecular weight is 442 g/mol. The molecule has 128 valence electrons. The quantitative estimate of drug-likeness (QED) is 0.354. The van der Waals surface area contributed by atoms with E-state index in [0.717, 1.165) is 34.5 Å². The molecule has 2 aliphatic heterocycles. The van der Waals surface area contributed by atoms with Gasteiger partial charge in [-0.3, -0.25) is 9.59 Å². The minimum Gasteiger partial charge on any atom is -0.333 e. The van der Waals surface area contributed by atoms with Gasteiger partial charge in [-0.2, -0.15) is 0 Å². The number of thiocarbonyl (C=S) groups is 1. The molecule has 0 N–H and O–H groups in total.